The van der Waals surface area contributed by atoms with Crippen LogP contribution >= 0.6 is 0 Å². The van der Waals surface area contributed by atoms with Crippen LogP contribution in [0.2, 0.25) is 0 Å². The van der Waals surface area contributed by atoms with Gasteiger partial charge in [-0.05, 0) is 11.6 Å². The molecule has 2 heterocycles. The average Bonchev–Trinajstić information content (AvgIpc) is 2.48. The minimum atomic E-state index is 0.623. The molecule has 0 saturated heterocycles. The highest BCUT2D eigenvalue weighted by atomic mass is 16.5. The van der Waals surface area contributed by atoms with Crippen LogP contribution in [-0.4, -0.2) is 24.2 Å². The van der Waals surface area contributed by atoms with Gasteiger partial charge in [0.2, 0.25) is 11.8 Å². The summed E-state index contributed by atoms with van der Waals surface area (Å²) in [5.41, 5.74) is 2.13. The lowest BCUT2D eigenvalue weighted by Gasteiger charge is -2.08. The zero-order valence-electron chi connectivity index (χ0n) is 11.1. The average molecular weight is 259 g/mol. The van der Waals surface area contributed by atoms with E-state index in [1.54, 1.807) is 26.6 Å². The van der Waals surface area contributed by atoms with Crippen molar-refractivity contribution in [2.75, 3.05) is 14.2 Å². The van der Waals surface area contributed by atoms with E-state index in [4.69, 9.17) is 9.47 Å². The summed E-state index contributed by atoms with van der Waals surface area (Å²) >= 11 is 0. The van der Waals surface area contributed by atoms with Crippen LogP contribution in [0.5, 0.6) is 11.8 Å². The number of hydrogen-bond donors (Lipinski definition) is 1. The number of nitrogens with one attached hydrogen (secondary N) is 1. The maximum Gasteiger partial charge on any atom is 0.217 e. The van der Waals surface area contributed by atoms with E-state index in [1.807, 2.05) is 24.3 Å². The number of pyridine rings is 2. The van der Waals surface area contributed by atoms with Gasteiger partial charge in [0, 0.05) is 37.1 Å². The van der Waals surface area contributed by atoms with Crippen molar-refractivity contribution in [3.63, 3.8) is 0 Å². The zero-order valence-corrected chi connectivity index (χ0v) is 11.1. The van der Waals surface area contributed by atoms with Gasteiger partial charge in [0.25, 0.3) is 0 Å². The van der Waals surface area contributed by atoms with Crippen molar-refractivity contribution in [1.29, 1.82) is 0 Å². The fraction of sp³-hybridized carbons (Fsp3) is 0.286. The zero-order chi connectivity index (χ0) is 13.5. The van der Waals surface area contributed by atoms with Crippen LogP contribution in [0.3, 0.4) is 0 Å². The number of methoxy groups -OCH3 is 2. The van der Waals surface area contributed by atoms with Crippen LogP contribution in [0.4, 0.5) is 0 Å². The maximum absolute atomic E-state index is 5.20. The standard InChI is InChI=1S/C14H17N3O2/c1-18-13-6-5-11(9-17-13)8-15-10-12-4-3-7-16-14(12)19-2/h3-7,9,15H,8,10H2,1-2H3. The molecule has 0 bridgehead atoms. The van der Waals surface area contributed by atoms with Crippen molar-refractivity contribution in [3.05, 3.63) is 47.8 Å². The van der Waals surface area contributed by atoms with E-state index >= 15 is 0 Å². The molecule has 1 N–H and O–H groups in total. The molecule has 19 heavy (non-hydrogen) atoms. The minimum absolute atomic E-state index is 0.623. The molecule has 0 radical (unpaired) electrons. The molecular formula is C14H17N3O2. The topological polar surface area (TPSA) is 56.3 Å². The largest absolute Gasteiger partial charge is 0.481 e. The molecule has 100 valence electrons. The summed E-state index contributed by atoms with van der Waals surface area (Å²) in [6, 6.07) is 7.72. The number of ether oxygens (including phenoxy) is 2. The Morgan fingerprint density at radius 2 is 1.95 bits per heavy atom. The fourth-order valence-corrected chi connectivity index (χ4v) is 1.72. The summed E-state index contributed by atoms with van der Waals surface area (Å²) in [5, 5.41) is 3.33. The molecule has 2 aromatic rings. The van der Waals surface area contributed by atoms with Gasteiger partial charge in [-0.2, -0.15) is 0 Å². The molecule has 0 amide bonds. The van der Waals surface area contributed by atoms with E-state index < -0.39 is 0 Å². The Hall–Kier alpha value is -2.14. The van der Waals surface area contributed by atoms with Gasteiger partial charge in [-0.1, -0.05) is 12.1 Å². The second kappa shape index (κ2) is 6.70. The molecule has 5 heteroatoms. The first-order chi connectivity index (χ1) is 9.33. The second-order valence-corrected chi connectivity index (χ2v) is 3.98. The van der Waals surface area contributed by atoms with E-state index in [-0.39, 0.29) is 0 Å². The first-order valence-corrected chi connectivity index (χ1v) is 6.01. The van der Waals surface area contributed by atoms with Crippen molar-refractivity contribution in [1.82, 2.24) is 15.3 Å². The van der Waals surface area contributed by atoms with E-state index in [9.17, 15) is 0 Å². The van der Waals surface area contributed by atoms with Crippen molar-refractivity contribution in [2.45, 2.75) is 13.1 Å². The van der Waals surface area contributed by atoms with Crippen LogP contribution in [0.15, 0.2) is 36.7 Å². The lowest BCUT2D eigenvalue weighted by molar-refractivity contribution is 0.390. The summed E-state index contributed by atoms with van der Waals surface area (Å²) in [7, 11) is 3.23. The van der Waals surface area contributed by atoms with Gasteiger partial charge in [-0.25, -0.2) is 9.97 Å². The van der Waals surface area contributed by atoms with Gasteiger partial charge in [-0.15, -0.1) is 0 Å². The number of nitrogens with zero attached hydrogens (tertiary/aromatic N) is 2. The highest BCUT2D eigenvalue weighted by molar-refractivity contribution is 5.25. The Bertz CT molecular complexity index is 514. The van der Waals surface area contributed by atoms with Crippen LogP contribution in [0.1, 0.15) is 11.1 Å². The van der Waals surface area contributed by atoms with Crippen LogP contribution < -0.4 is 14.8 Å². The van der Waals surface area contributed by atoms with Crippen LogP contribution in [-0.2, 0) is 13.1 Å². The molecule has 0 unspecified atom stereocenters. The predicted molar refractivity (Wildman–Crippen MR) is 72.1 cm³/mol. The molecule has 0 fully saturated rings. The molecule has 0 aromatic carbocycles. The number of aromatic nitrogens is 2. The van der Waals surface area contributed by atoms with Gasteiger partial charge in [0.15, 0.2) is 0 Å². The Morgan fingerprint density at radius 3 is 2.63 bits per heavy atom. The summed E-state index contributed by atoms with van der Waals surface area (Å²) in [6.45, 7) is 1.43. The van der Waals surface area contributed by atoms with Gasteiger partial charge in [-0.3, -0.25) is 0 Å². The Morgan fingerprint density at radius 1 is 1.05 bits per heavy atom. The Balaban J connectivity index is 1.88. The van der Waals surface area contributed by atoms with Gasteiger partial charge >= 0.3 is 0 Å². The summed E-state index contributed by atoms with van der Waals surface area (Å²) in [4.78, 5) is 8.31. The third-order valence-corrected chi connectivity index (χ3v) is 2.69. The molecule has 0 saturated carbocycles. The highest BCUT2D eigenvalue weighted by Gasteiger charge is 2.02. The molecule has 0 aliphatic rings. The van der Waals surface area contributed by atoms with Crippen molar-refractivity contribution in [2.24, 2.45) is 0 Å². The normalized spacial score (nSPS) is 10.2. The summed E-state index contributed by atoms with van der Waals surface area (Å²) < 4.78 is 10.2. The molecule has 5 nitrogen and oxygen atoms in total. The van der Waals surface area contributed by atoms with Crippen molar-refractivity contribution in [3.8, 4) is 11.8 Å². The van der Waals surface area contributed by atoms with Crippen LogP contribution in [0.25, 0.3) is 0 Å². The molecular weight excluding hydrogens is 242 g/mol. The second-order valence-electron chi connectivity index (χ2n) is 3.98. The fourth-order valence-electron chi connectivity index (χ4n) is 1.72. The highest BCUT2D eigenvalue weighted by Crippen LogP contribution is 2.13. The summed E-state index contributed by atoms with van der Waals surface area (Å²) in [6.07, 6.45) is 3.52. The minimum Gasteiger partial charge on any atom is -0.481 e. The van der Waals surface area contributed by atoms with E-state index in [2.05, 4.69) is 15.3 Å². The SMILES string of the molecule is COc1ccc(CNCc2cccnc2OC)cn1. The summed E-state index contributed by atoms with van der Waals surface area (Å²) in [5.74, 6) is 1.28. The third-order valence-electron chi connectivity index (χ3n) is 2.69. The number of hydrogen-bond acceptors (Lipinski definition) is 5. The lowest BCUT2D eigenvalue weighted by Crippen LogP contribution is -2.13. The van der Waals surface area contributed by atoms with E-state index in [0.29, 0.717) is 18.3 Å². The lowest BCUT2D eigenvalue weighted by atomic mass is 10.2. The van der Waals surface area contributed by atoms with Gasteiger partial charge in [0.1, 0.15) is 0 Å². The first kappa shape index (κ1) is 13.3. The molecule has 0 aliphatic heterocycles. The Labute approximate surface area is 112 Å². The molecule has 0 atom stereocenters. The van der Waals surface area contributed by atoms with Gasteiger partial charge in [0.05, 0.1) is 14.2 Å². The quantitative estimate of drug-likeness (QED) is 0.857. The number of rotatable bonds is 6. The molecule has 2 rings (SSSR count). The monoisotopic (exact) mass is 259 g/mol. The first-order valence-electron chi connectivity index (χ1n) is 6.01. The smallest absolute Gasteiger partial charge is 0.217 e. The van der Waals surface area contributed by atoms with E-state index in [1.165, 1.54) is 0 Å². The van der Waals surface area contributed by atoms with Crippen LogP contribution in [0, 0.1) is 0 Å². The maximum atomic E-state index is 5.20. The molecule has 0 spiro atoms. The third kappa shape index (κ3) is 3.66. The van der Waals surface area contributed by atoms with E-state index in [0.717, 1.165) is 17.7 Å². The van der Waals surface area contributed by atoms with Crippen molar-refractivity contribution < 1.29 is 9.47 Å². The molecule has 2 aromatic heterocycles. The Kier molecular flexibility index (Phi) is 4.69. The van der Waals surface area contributed by atoms with Crippen molar-refractivity contribution >= 4 is 0 Å². The predicted octanol–water partition coefficient (Wildman–Crippen LogP) is 1.78. The van der Waals surface area contributed by atoms with Gasteiger partial charge < -0.3 is 14.8 Å². The molecule has 0 aliphatic carbocycles.